The van der Waals surface area contributed by atoms with E-state index in [2.05, 4.69) is 9.88 Å². The van der Waals surface area contributed by atoms with Crippen LogP contribution in [0.2, 0.25) is 0 Å². The fourth-order valence-electron chi connectivity index (χ4n) is 2.00. The summed E-state index contributed by atoms with van der Waals surface area (Å²) in [7, 11) is 0. The summed E-state index contributed by atoms with van der Waals surface area (Å²) in [5.74, 6) is 0.550. The van der Waals surface area contributed by atoms with E-state index in [4.69, 9.17) is 9.15 Å². The van der Waals surface area contributed by atoms with Gasteiger partial charge < -0.3 is 14.1 Å². The molecule has 0 N–H and O–H groups in total. The Hall–Kier alpha value is -1.82. The lowest BCUT2D eigenvalue weighted by Gasteiger charge is -2.19. The van der Waals surface area contributed by atoms with Crippen molar-refractivity contribution < 1.29 is 13.9 Å². The maximum absolute atomic E-state index is 11.7. The summed E-state index contributed by atoms with van der Waals surface area (Å²) in [5.41, 5.74) is 0.386. The zero-order chi connectivity index (χ0) is 13.9. The van der Waals surface area contributed by atoms with E-state index >= 15 is 0 Å². The number of thiazole rings is 1. The topological polar surface area (TPSA) is 55.6 Å². The van der Waals surface area contributed by atoms with Crippen molar-refractivity contribution in [3.63, 3.8) is 0 Å². The minimum Gasteiger partial charge on any atom is -0.467 e. The van der Waals surface area contributed by atoms with Crippen molar-refractivity contribution in [2.24, 2.45) is 0 Å². The van der Waals surface area contributed by atoms with Crippen LogP contribution >= 0.6 is 11.3 Å². The second kappa shape index (κ2) is 5.66. The number of esters is 1. The first kappa shape index (κ1) is 13.2. The molecule has 0 saturated heterocycles. The average molecular weight is 292 g/mol. The third kappa shape index (κ3) is 2.85. The molecule has 20 heavy (non-hydrogen) atoms. The van der Waals surface area contributed by atoms with Crippen LogP contribution in [-0.2, 0) is 11.3 Å². The molecule has 6 heteroatoms. The van der Waals surface area contributed by atoms with Crippen LogP contribution in [-0.4, -0.2) is 23.6 Å². The largest absolute Gasteiger partial charge is 0.467 e. The zero-order valence-corrected chi connectivity index (χ0v) is 12.1. The Kier molecular flexibility index (Phi) is 3.73. The second-order valence-corrected chi connectivity index (χ2v) is 5.51. The van der Waals surface area contributed by atoms with Crippen LogP contribution in [0.3, 0.4) is 0 Å². The number of hydrogen-bond acceptors (Lipinski definition) is 6. The molecule has 0 radical (unpaired) electrons. The maximum atomic E-state index is 11.7. The second-order valence-electron chi connectivity index (χ2n) is 4.67. The Labute approximate surface area is 121 Å². The molecular formula is C14H16N2O3S. The van der Waals surface area contributed by atoms with Crippen LogP contribution < -0.4 is 4.90 Å². The van der Waals surface area contributed by atoms with Gasteiger partial charge in [0.05, 0.1) is 19.4 Å². The Morgan fingerprint density at radius 2 is 2.45 bits per heavy atom. The summed E-state index contributed by atoms with van der Waals surface area (Å²) in [6, 6.07) is 4.34. The molecule has 0 atom stereocenters. The molecule has 1 fully saturated rings. The van der Waals surface area contributed by atoms with Crippen molar-refractivity contribution in [3.8, 4) is 0 Å². The molecule has 2 aromatic heterocycles. The number of carbonyl (C=O) groups excluding carboxylic acids is 1. The predicted octanol–water partition coefficient (Wildman–Crippen LogP) is 3.08. The predicted molar refractivity (Wildman–Crippen MR) is 76.0 cm³/mol. The van der Waals surface area contributed by atoms with Gasteiger partial charge in [-0.1, -0.05) is 0 Å². The highest BCUT2D eigenvalue weighted by molar-refractivity contribution is 7.13. The number of furan rings is 1. The first-order chi connectivity index (χ1) is 9.78. The van der Waals surface area contributed by atoms with Crippen LogP contribution in [0.25, 0.3) is 0 Å². The van der Waals surface area contributed by atoms with Crippen LogP contribution in [0.15, 0.2) is 28.2 Å². The van der Waals surface area contributed by atoms with Crippen molar-refractivity contribution >= 4 is 22.4 Å². The molecule has 2 aromatic rings. The lowest BCUT2D eigenvalue weighted by Crippen LogP contribution is -2.24. The molecule has 0 aliphatic heterocycles. The lowest BCUT2D eigenvalue weighted by molar-refractivity contribution is 0.0520. The van der Waals surface area contributed by atoms with Crippen LogP contribution in [0, 0.1) is 0 Å². The van der Waals surface area contributed by atoms with E-state index in [0.717, 1.165) is 23.7 Å². The molecule has 3 rings (SSSR count). The van der Waals surface area contributed by atoms with E-state index < -0.39 is 0 Å². The fraction of sp³-hybridized carbons (Fsp3) is 0.429. The van der Waals surface area contributed by atoms with Gasteiger partial charge in [0.25, 0.3) is 0 Å². The van der Waals surface area contributed by atoms with Crippen molar-refractivity contribution in [1.29, 1.82) is 0 Å². The molecule has 1 aliphatic carbocycles. The third-order valence-electron chi connectivity index (χ3n) is 3.12. The first-order valence-electron chi connectivity index (χ1n) is 6.69. The number of aromatic nitrogens is 1. The smallest absolute Gasteiger partial charge is 0.357 e. The van der Waals surface area contributed by atoms with E-state index in [1.54, 1.807) is 18.6 Å². The van der Waals surface area contributed by atoms with Crippen molar-refractivity contribution in [2.45, 2.75) is 32.4 Å². The first-order valence-corrected chi connectivity index (χ1v) is 7.57. The number of ether oxygens (including phenoxy) is 1. The fourth-order valence-corrected chi connectivity index (χ4v) is 2.87. The molecule has 2 heterocycles. The zero-order valence-electron chi connectivity index (χ0n) is 11.2. The molecule has 0 spiro atoms. The molecule has 0 unspecified atom stereocenters. The van der Waals surface area contributed by atoms with Crippen LogP contribution in [0.5, 0.6) is 0 Å². The highest BCUT2D eigenvalue weighted by Gasteiger charge is 2.32. The number of hydrogen-bond donors (Lipinski definition) is 0. The SMILES string of the molecule is CCOC(=O)c1csc(N(Cc2ccco2)C2CC2)n1. The van der Waals surface area contributed by atoms with Crippen molar-refractivity contribution in [3.05, 3.63) is 35.2 Å². The standard InChI is InChI=1S/C14H16N2O3S/c1-2-18-13(17)12-9-20-14(15-12)16(10-5-6-10)8-11-4-3-7-19-11/h3-4,7,9-10H,2,5-6,8H2,1H3. The van der Waals surface area contributed by atoms with Gasteiger partial charge in [0, 0.05) is 11.4 Å². The molecule has 0 bridgehead atoms. The van der Waals surface area contributed by atoms with E-state index in [0.29, 0.717) is 24.9 Å². The molecule has 1 aliphatic rings. The van der Waals surface area contributed by atoms with Crippen LogP contribution in [0.1, 0.15) is 36.0 Å². The van der Waals surface area contributed by atoms with Gasteiger partial charge in [-0.25, -0.2) is 9.78 Å². The Morgan fingerprint density at radius 3 is 3.10 bits per heavy atom. The van der Waals surface area contributed by atoms with Crippen LogP contribution in [0.4, 0.5) is 5.13 Å². The molecule has 106 valence electrons. The summed E-state index contributed by atoms with van der Waals surface area (Å²) in [5, 5.41) is 2.61. The molecule has 0 aromatic carbocycles. The Bertz CT molecular complexity index is 575. The van der Waals surface area contributed by atoms with E-state index in [1.807, 2.05) is 12.1 Å². The lowest BCUT2D eigenvalue weighted by atomic mass is 10.4. The average Bonchev–Trinajstić information content (AvgIpc) is 2.95. The normalized spacial score (nSPS) is 14.2. The van der Waals surface area contributed by atoms with E-state index in [9.17, 15) is 4.79 Å². The monoisotopic (exact) mass is 292 g/mol. The summed E-state index contributed by atoms with van der Waals surface area (Å²) in [6.07, 6.45) is 4.00. The molecule has 1 saturated carbocycles. The molecule has 5 nitrogen and oxygen atoms in total. The van der Waals surface area contributed by atoms with Gasteiger partial charge in [0.15, 0.2) is 10.8 Å². The van der Waals surface area contributed by atoms with E-state index in [-0.39, 0.29) is 5.97 Å². The minimum atomic E-state index is -0.358. The molecular weight excluding hydrogens is 276 g/mol. The summed E-state index contributed by atoms with van der Waals surface area (Å²) in [4.78, 5) is 18.3. The Balaban J connectivity index is 1.76. The highest BCUT2D eigenvalue weighted by atomic mass is 32.1. The molecule has 0 amide bonds. The number of rotatable bonds is 6. The summed E-state index contributed by atoms with van der Waals surface area (Å²) >= 11 is 1.47. The van der Waals surface area contributed by atoms with Gasteiger partial charge in [-0.2, -0.15) is 0 Å². The maximum Gasteiger partial charge on any atom is 0.357 e. The van der Waals surface area contributed by atoms with E-state index in [1.165, 1.54) is 11.3 Å². The minimum absolute atomic E-state index is 0.358. The van der Waals surface area contributed by atoms with Gasteiger partial charge in [0.2, 0.25) is 0 Å². The number of anilines is 1. The van der Waals surface area contributed by atoms with Gasteiger partial charge in [0.1, 0.15) is 5.76 Å². The third-order valence-corrected chi connectivity index (χ3v) is 3.99. The Morgan fingerprint density at radius 1 is 1.60 bits per heavy atom. The van der Waals surface area contributed by atoms with Crippen molar-refractivity contribution in [2.75, 3.05) is 11.5 Å². The summed E-state index contributed by atoms with van der Waals surface area (Å²) < 4.78 is 10.4. The summed E-state index contributed by atoms with van der Waals surface area (Å²) in [6.45, 7) is 2.84. The number of nitrogens with zero attached hydrogens (tertiary/aromatic N) is 2. The van der Waals surface area contributed by atoms with Gasteiger partial charge >= 0.3 is 5.97 Å². The van der Waals surface area contributed by atoms with Gasteiger partial charge in [-0.3, -0.25) is 0 Å². The van der Waals surface area contributed by atoms with Crippen molar-refractivity contribution in [1.82, 2.24) is 4.98 Å². The highest BCUT2D eigenvalue weighted by Crippen LogP contribution is 2.35. The van der Waals surface area contributed by atoms with Gasteiger partial charge in [-0.05, 0) is 31.9 Å². The quantitative estimate of drug-likeness (QED) is 0.766. The number of carbonyl (C=O) groups is 1. The van der Waals surface area contributed by atoms with Gasteiger partial charge in [-0.15, -0.1) is 11.3 Å².